The van der Waals surface area contributed by atoms with Crippen LogP contribution in [0.3, 0.4) is 0 Å². The second-order valence-electron chi connectivity index (χ2n) is 6.85. The highest BCUT2D eigenvalue weighted by Crippen LogP contribution is 2.42. The molecule has 6 heteroatoms. The maximum absolute atomic E-state index is 13.7. The predicted molar refractivity (Wildman–Crippen MR) is 115 cm³/mol. The van der Waals surface area contributed by atoms with Crippen LogP contribution in [-0.4, -0.2) is 17.6 Å². The monoisotopic (exact) mass is 406 g/mol. The van der Waals surface area contributed by atoms with Crippen LogP contribution < -0.4 is 10.2 Å². The summed E-state index contributed by atoms with van der Waals surface area (Å²) in [5, 5.41) is 2.63. The molecule has 1 aliphatic rings. The quantitative estimate of drug-likeness (QED) is 0.651. The Morgan fingerprint density at radius 2 is 1.83 bits per heavy atom. The highest BCUT2D eigenvalue weighted by atomic mass is 32.2. The molecule has 0 spiro atoms. The van der Waals surface area contributed by atoms with Gasteiger partial charge in [0.05, 0.1) is 5.75 Å². The van der Waals surface area contributed by atoms with Crippen molar-refractivity contribution < 1.29 is 14.0 Å². The zero-order valence-electron chi connectivity index (χ0n) is 15.8. The van der Waals surface area contributed by atoms with Gasteiger partial charge in [-0.2, -0.15) is 0 Å². The largest absolute Gasteiger partial charge is 0.322 e. The molecule has 1 aliphatic heterocycles. The second kappa shape index (κ2) is 8.09. The van der Waals surface area contributed by atoms with Crippen LogP contribution >= 0.6 is 11.8 Å². The van der Waals surface area contributed by atoms with E-state index in [1.807, 2.05) is 43.3 Å². The third-order valence-electron chi connectivity index (χ3n) is 4.70. The number of rotatable bonds is 4. The van der Waals surface area contributed by atoms with Crippen LogP contribution in [0.1, 0.15) is 26.9 Å². The topological polar surface area (TPSA) is 49.4 Å². The van der Waals surface area contributed by atoms with E-state index in [-0.39, 0.29) is 23.0 Å². The van der Waals surface area contributed by atoms with Crippen LogP contribution in [0.25, 0.3) is 0 Å². The summed E-state index contributed by atoms with van der Waals surface area (Å²) in [7, 11) is 0. The highest BCUT2D eigenvalue weighted by Gasteiger charge is 2.34. The van der Waals surface area contributed by atoms with E-state index in [1.54, 1.807) is 29.2 Å². The number of aryl methyl sites for hydroxylation is 1. The average molecular weight is 406 g/mol. The number of hydrogen-bond donors (Lipinski definition) is 1. The molecular weight excluding hydrogens is 387 g/mol. The van der Waals surface area contributed by atoms with Crippen LogP contribution in [0.4, 0.5) is 15.8 Å². The van der Waals surface area contributed by atoms with E-state index in [0.29, 0.717) is 22.7 Å². The Morgan fingerprint density at radius 1 is 1.07 bits per heavy atom. The SMILES string of the molecule is Cc1ccc(C(=O)Nc2cccc(C3SCC(=O)N3c3cccc(F)c3)c2)cc1. The van der Waals surface area contributed by atoms with Crippen LogP contribution in [0.5, 0.6) is 0 Å². The van der Waals surface area contributed by atoms with Crippen molar-refractivity contribution in [2.75, 3.05) is 16.0 Å². The lowest BCUT2D eigenvalue weighted by atomic mass is 10.1. The molecule has 3 aromatic rings. The first-order chi connectivity index (χ1) is 14.0. The van der Waals surface area contributed by atoms with Gasteiger partial charge in [0.1, 0.15) is 11.2 Å². The number of carbonyl (C=O) groups excluding carboxylic acids is 2. The van der Waals surface area contributed by atoms with Crippen molar-refractivity contribution in [2.24, 2.45) is 0 Å². The number of carbonyl (C=O) groups is 2. The zero-order valence-corrected chi connectivity index (χ0v) is 16.6. The highest BCUT2D eigenvalue weighted by molar-refractivity contribution is 8.00. The first-order valence-corrected chi connectivity index (χ1v) is 10.2. The number of anilines is 2. The molecule has 2 amide bonds. The van der Waals surface area contributed by atoms with Gasteiger partial charge in [-0.05, 0) is 55.0 Å². The second-order valence-corrected chi connectivity index (χ2v) is 7.92. The Morgan fingerprint density at radius 3 is 2.59 bits per heavy atom. The molecule has 1 unspecified atom stereocenters. The van der Waals surface area contributed by atoms with Crippen molar-refractivity contribution in [1.29, 1.82) is 0 Å². The molecule has 0 saturated carbocycles. The predicted octanol–water partition coefficient (Wildman–Crippen LogP) is 5.17. The molecule has 29 heavy (non-hydrogen) atoms. The van der Waals surface area contributed by atoms with Gasteiger partial charge in [0.15, 0.2) is 0 Å². The zero-order chi connectivity index (χ0) is 20.4. The molecule has 0 aromatic heterocycles. The van der Waals surface area contributed by atoms with Crippen molar-refractivity contribution in [3.63, 3.8) is 0 Å². The standard InChI is InChI=1S/C23H19FN2O2S/c1-15-8-10-16(11-9-15)22(28)25-19-6-2-4-17(12-19)23-26(21(27)14-29-23)20-7-3-5-18(24)13-20/h2-13,23H,14H2,1H3,(H,25,28). The molecule has 146 valence electrons. The lowest BCUT2D eigenvalue weighted by Gasteiger charge is -2.24. The Balaban J connectivity index is 1.58. The van der Waals surface area contributed by atoms with Crippen LogP contribution in [-0.2, 0) is 4.79 Å². The molecular formula is C23H19FN2O2S. The van der Waals surface area contributed by atoms with Gasteiger partial charge in [0.25, 0.3) is 5.91 Å². The fraction of sp³-hybridized carbons (Fsp3) is 0.130. The van der Waals surface area contributed by atoms with Gasteiger partial charge in [0, 0.05) is 16.9 Å². The Labute approximate surface area is 172 Å². The van der Waals surface area contributed by atoms with Crippen molar-refractivity contribution in [1.82, 2.24) is 0 Å². The minimum absolute atomic E-state index is 0.0697. The molecule has 1 N–H and O–H groups in total. The number of nitrogens with one attached hydrogen (secondary N) is 1. The molecule has 4 nitrogen and oxygen atoms in total. The number of hydrogen-bond acceptors (Lipinski definition) is 3. The van der Waals surface area contributed by atoms with E-state index in [4.69, 9.17) is 0 Å². The Bertz CT molecular complexity index is 1070. The van der Waals surface area contributed by atoms with Crippen molar-refractivity contribution in [3.05, 3.63) is 95.3 Å². The molecule has 3 aromatic carbocycles. The van der Waals surface area contributed by atoms with Crippen LogP contribution in [0.15, 0.2) is 72.8 Å². The van der Waals surface area contributed by atoms with Gasteiger partial charge in [-0.25, -0.2) is 4.39 Å². The molecule has 1 fully saturated rings. The molecule has 0 aliphatic carbocycles. The maximum atomic E-state index is 13.7. The summed E-state index contributed by atoms with van der Waals surface area (Å²) < 4.78 is 13.7. The minimum atomic E-state index is -0.384. The fourth-order valence-electron chi connectivity index (χ4n) is 3.25. The van der Waals surface area contributed by atoms with E-state index in [1.165, 1.54) is 23.9 Å². The number of nitrogens with zero attached hydrogens (tertiary/aromatic N) is 1. The van der Waals surface area contributed by atoms with E-state index in [2.05, 4.69) is 5.32 Å². The number of amides is 2. The van der Waals surface area contributed by atoms with E-state index >= 15 is 0 Å². The Hall–Kier alpha value is -3.12. The van der Waals surface area contributed by atoms with Gasteiger partial charge in [0.2, 0.25) is 5.91 Å². The van der Waals surface area contributed by atoms with Crippen molar-refractivity contribution in [2.45, 2.75) is 12.3 Å². The van der Waals surface area contributed by atoms with Gasteiger partial charge >= 0.3 is 0 Å². The van der Waals surface area contributed by atoms with Crippen LogP contribution in [0.2, 0.25) is 0 Å². The fourth-order valence-corrected chi connectivity index (χ4v) is 4.42. The third-order valence-corrected chi connectivity index (χ3v) is 5.91. The molecule has 0 bridgehead atoms. The maximum Gasteiger partial charge on any atom is 0.255 e. The summed E-state index contributed by atoms with van der Waals surface area (Å²) in [6.07, 6.45) is 0. The number of halogens is 1. The molecule has 4 rings (SSSR count). The number of benzene rings is 3. The summed E-state index contributed by atoms with van der Waals surface area (Å²) in [6.45, 7) is 1.97. The van der Waals surface area contributed by atoms with E-state index in [9.17, 15) is 14.0 Å². The summed E-state index contributed by atoms with van der Waals surface area (Å²) >= 11 is 1.48. The minimum Gasteiger partial charge on any atom is -0.322 e. The summed E-state index contributed by atoms with van der Waals surface area (Å²) in [4.78, 5) is 26.6. The summed E-state index contributed by atoms with van der Waals surface area (Å²) in [5.41, 5.74) is 3.70. The summed E-state index contributed by atoms with van der Waals surface area (Å²) in [5.74, 6) is -0.328. The van der Waals surface area contributed by atoms with Crippen molar-refractivity contribution in [3.8, 4) is 0 Å². The van der Waals surface area contributed by atoms with Crippen LogP contribution in [0, 0.1) is 12.7 Å². The smallest absolute Gasteiger partial charge is 0.255 e. The number of thioether (sulfide) groups is 1. The average Bonchev–Trinajstić information content (AvgIpc) is 3.10. The first-order valence-electron chi connectivity index (χ1n) is 9.18. The normalized spacial score (nSPS) is 16.1. The van der Waals surface area contributed by atoms with Gasteiger partial charge in [-0.3, -0.25) is 14.5 Å². The first kappa shape index (κ1) is 19.2. The molecule has 1 saturated heterocycles. The molecule has 0 radical (unpaired) electrons. The van der Waals surface area contributed by atoms with Crippen molar-refractivity contribution >= 4 is 35.0 Å². The van der Waals surface area contributed by atoms with Gasteiger partial charge < -0.3 is 5.32 Å². The van der Waals surface area contributed by atoms with E-state index < -0.39 is 0 Å². The van der Waals surface area contributed by atoms with E-state index in [0.717, 1.165) is 11.1 Å². The third kappa shape index (κ3) is 4.17. The lowest BCUT2D eigenvalue weighted by molar-refractivity contribution is -0.115. The van der Waals surface area contributed by atoms with Gasteiger partial charge in [-0.1, -0.05) is 35.9 Å². The summed E-state index contributed by atoms with van der Waals surface area (Å²) in [6, 6.07) is 20.8. The Kier molecular flexibility index (Phi) is 5.36. The van der Waals surface area contributed by atoms with Gasteiger partial charge in [-0.15, -0.1) is 11.8 Å². The molecule has 1 atom stereocenters. The molecule has 1 heterocycles. The lowest BCUT2D eigenvalue weighted by Crippen LogP contribution is -2.27.